The highest BCUT2D eigenvalue weighted by Crippen LogP contribution is 2.39. The molecule has 0 atom stereocenters. The summed E-state index contributed by atoms with van der Waals surface area (Å²) in [7, 11) is 1.56. The fraction of sp³-hybridized carbons (Fsp3) is 0.444. The van der Waals surface area contributed by atoms with Crippen LogP contribution >= 0.6 is 11.8 Å². The maximum absolute atomic E-state index is 12.9. The van der Waals surface area contributed by atoms with Crippen LogP contribution in [0.3, 0.4) is 0 Å². The Hall–Kier alpha value is -1.79. The van der Waals surface area contributed by atoms with Crippen molar-refractivity contribution in [1.29, 1.82) is 0 Å². The summed E-state index contributed by atoms with van der Waals surface area (Å²) in [5, 5.41) is 0. The molecule has 24 heavy (non-hydrogen) atoms. The number of thioether (sulfide) groups is 1. The number of hydrogen-bond donors (Lipinski definition) is 0. The number of hydrogen-bond acceptors (Lipinski definition) is 5. The number of para-hydroxylation sites is 1. The van der Waals surface area contributed by atoms with Crippen LogP contribution in [0, 0.1) is 0 Å². The van der Waals surface area contributed by atoms with Crippen LogP contribution in [0.1, 0.15) is 25.8 Å². The summed E-state index contributed by atoms with van der Waals surface area (Å²) in [5.41, 5.74) is 1.11. The van der Waals surface area contributed by atoms with Gasteiger partial charge in [0.15, 0.2) is 0 Å². The molecule has 1 aliphatic heterocycles. The number of imide groups is 1. The maximum atomic E-state index is 12.9. The lowest BCUT2D eigenvalue weighted by Crippen LogP contribution is -2.33. The molecule has 0 N–H and O–H groups in total. The van der Waals surface area contributed by atoms with Gasteiger partial charge in [-0.15, -0.1) is 11.8 Å². The molecule has 1 aliphatic rings. The highest BCUT2D eigenvalue weighted by molar-refractivity contribution is 8.04. The Morgan fingerprint density at radius 2 is 1.88 bits per heavy atom. The van der Waals surface area contributed by atoms with Gasteiger partial charge < -0.3 is 9.47 Å². The first kappa shape index (κ1) is 18.5. The molecule has 0 spiro atoms. The molecule has 0 bridgehead atoms. The lowest BCUT2D eigenvalue weighted by atomic mass is 10.1. The Bertz CT molecular complexity index is 642. The van der Waals surface area contributed by atoms with Crippen molar-refractivity contribution in [3.05, 3.63) is 34.7 Å². The molecule has 0 radical (unpaired) electrons. The summed E-state index contributed by atoms with van der Waals surface area (Å²) >= 11 is 1.40. The SMILES string of the molecule is CCOCCCN1C(=O)C(SCC)=C(c2ccccc2OC)C1=O. The summed E-state index contributed by atoms with van der Waals surface area (Å²) in [6.45, 7) is 5.41. The van der Waals surface area contributed by atoms with Crippen molar-refractivity contribution in [2.75, 3.05) is 32.6 Å². The van der Waals surface area contributed by atoms with Crippen LogP contribution in [0.5, 0.6) is 5.75 Å². The van der Waals surface area contributed by atoms with Crippen molar-refractivity contribution in [2.24, 2.45) is 0 Å². The number of carbonyl (C=O) groups excluding carboxylic acids is 2. The number of methoxy groups -OCH3 is 1. The predicted octanol–water partition coefficient (Wildman–Crippen LogP) is 2.95. The van der Waals surface area contributed by atoms with E-state index >= 15 is 0 Å². The number of benzene rings is 1. The molecule has 1 aromatic carbocycles. The van der Waals surface area contributed by atoms with Gasteiger partial charge in [-0.25, -0.2) is 0 Å². The summed E-state index contributed by atoms with van der Waals surface area (Å²) in [6.07, 6.45) is 0.634. The minimum absolute atomic E-state index is 0.218. The topological polar surface area (TPSA) is 55.8 Å². The lowest BCUT2D eigenvalue weighted by molar-refractivity contribution is -0.136. The molecule has 5 nitrogen and oxygen atoms in total. The number of carbonyl (C=O) groups is 2. The molecule has 1 heterocycles. The van der Waals surface area contributed by atoms with Crippen molar-refractivity contribution in [3.63, 3.8) is 0 Å². The van der Waals surface area contributed by atoms with E-state index in [1.807, 2.05) is 32.0 Å². The third-order valence-corrected chi connectivity index (χ3v) is 4.62. The predicted molar refractivity (Wildman–Crippen MR) is 95.9 cm³/mol. The molecule has 0 saturated carbocycles. The van der Waals surface area contributed by atoms with Crippen molar-refractivity contribution in [1.82, 2.24) is 4.90 Å². The van der Waals surface area contributed by atoms with Crippen LogP contribution in [-0.4, -0.2) is 49.3 Å². The van der Waals surface area contributed by atoms with E-state index in [4.69, 9.17) is 9.47 Å². The Kier molecular flexibility index (Phi) is 6.87. The van der Waals surface area contributed by atoms with E-state index in [9.17, 15) is 9.59 Å². The minimum atomic E-state index is -0.253. The van der Waals surface area contributed by atoms with Crippen LogP contribution in [0.25, 0.3) is 5.57 Å². The zero-order valence-electron chi connectivity index (χ0n) is 14.3. The van der Waals surface area contributed by atoms with Gasteiger partial charge in [-0.2, -0.15) is 0 Å². The monoisotopic (exact) mass is 349 g/mol. The lowest BCUT2D eigenvalue weighted by Gasteiger charge is -2.15. The second-order valence-corrected chi connectivity index (χ2v) is 6.42. The summed E-state index contributed by atoms with van der Waals surface area (Å²) in [6, 6.07) is 7.30. The first-order valence-corrected chi connectivity index (χ1v) is 9.08. The van der Waals surface area contributed by atoms with Gasteiger partial charge in [0.2, 0.25) is 0 Å². The van der Waals surface area contributed by atoms with Gasteiger partial charge in [-0.3, -0.25) is 14.5 Å². The quantitative estimate of drug-likeness (QED) is 0.507. The summed E-state index contributed by atoms with van der Waals surface area (Å²) in [5.74, 6) is 0.847. The normalized spacial score (nSPS) is 14.7. The van der Waals surface area contributed by atoms with Crippen molar-refractivity contribution in [2.45, 2.75) is 20.3 Å². The Labute approximate surface area is 147 Å². The van der Waals surface area contributed by atoms with E-state index in [0.717, 1.165) is 5.75 Å². The van der Waals surface area contributed by atoms with Crippen LogP contribution in [0.2, 0.25) is 0 Å². The molecule has 130 valence electrons. The van der Waals surface area contributed by atoms with E-state index in [0.29, 0.717) is 48.0 Å². The smallest absolute Gasteiger partial charge is 0.267 e. The van der Waals surface area contributed by atoms with Crippen LogP contribution in [0.4, 0.5) is 0 Å². The number of ether oxygens (including phenoxy) is 2. The fourth-order valence-electron chi connectivity index (χ4n) is 2.59. The van der Waals surface area contributed by atoms with Gasteiger partial charge in [-0.1, -0.05) is 25.1 Å². The highest BCUT2D eigenvalue weighted by atomic mass is 32.2. The third kappa shape index (κ3) is 3.82. The molecular formula is C18H23NO4S. The van der Waals surface area contributed by atoms with E-state index < -0.39 is 0 Å². The highest BCUT2D eigenvalue weighted by Gasteiger charge is 2.39. The Morgan fingerprint density at radius 3 is 2.54 bits per heavy atom. The average molecular weight is 349 g/mol. The molecule has 0 fully saturated rings. The van der Waals surface area contributed by atoms with Crippen molar-refractivity contribution < 1.29 is 19.1 Å². The van der Waals surface area contributed by atoms with E-state index in [2.05, 4.69) is 0 Å². The van der Waals surface area contributed by atoms with Gasteiger partial charge in [0.1, 0.15) is 5.75 Å². The molecule has 0 unspecified atom stereocenters. The van der Waals surface area contributed by atoms with Crippen molar-refractivity contribution in [3.8, 4) is 5.75 Å². The van der Waals surface area contributed by atoms with Gasteiger partial charge in [0.25, 0.3) is 11.8 Å². The molecule has 1 aromatic rings. The molecule has 6 heteroatoms. The van der Waals surface area contributed by atoms with Gasteiger partial charge in [0.05, 0.1) is 17.6 Å². The molecule has 0 saturated heterocycles. The van der Waals surface area contributed by atoms with E-state index in [1.165, 1.54) is 16.7 Å². The molecule has 0 aliphatic carbocycles. The Balaban J connectivity index is 2.32. The average Bonchev–Trinajstić information content (AvgIpc) is 2.83. The zero-order valence-corrected chi connectivity index (χ0v) is 15.1. The first-order chi connectivity index (χ1) is 11.7. The molecular weight excluding hydrogens is 326 g/mol. The third-order valence-electron chi connectivity index (χ3n) is 3.66. The van der Waals surface area contributed by atoms with Crippen LogP contribution in [0.15, 0.2) is 29.2 Å². The largest absolute Gasteiger partial charge is 0.496 e. The van der Waals surface area contributed by atoms with Crippen LogP contribution in [-0.2, 0) is 14.3 Å². The fourth-order valence-corrected chi connectivity index (χ4v) is 3.46. The molecule has 0 aromatic heterocycles. The molecule has 2 rings (SSSR count). The standard InChI is InChI=1S/C18H23NO4S/c1-4-23-12-8-11-19-17(20)15(16(18(19)21)24-5-2)13-9-6-7-10-14(13)22-3/h6-7,9-10H,4-5,8,11-12H2,1-3H3. The minimum Gasteiger partial charge on any atom is -0.496 e. The molecule has 2 amide bonds. The second-order valence-electron chi connectivity index (χ2n) is 5.15. The van der Waals surface area contributed by atoms with E-state index in [-0.39, 0.29) is 11.8 Å². The second kappa shape index (κ2) is 8.89. The van der Waals surface area contributed by atoms with Gasteiger partial charge in [0, 0.05) is 25.3 Å². The van der Waals surface area contributed by atoms with Gasteiger partial charge in [-0.05, 0) is 25.2 Å². The number of rotatable bonds is 9. The number of amides is 2. The van der Waals surface area contributed by atoms with Crippen molar-refractivity contribution >= 4 is 29.1 Å². The first-order valence-electron chi connectivity index (χ1n) is 8.10. The maximum Gasteiger partial charge on any atom is 0.267 e. The summed E-state index contributed by atoms with van der Waals surface area (Å²) < 4.78 is 10.7. The van der Waals surface area contributed by atoms with Crippen LogP contribution < -0.4 is 4.74 Å². The number of nitrogens with zero attached hydrogens (tertiary/aromatic N) is 1. The summed E-state index contributed by atoms with van der Waals surface area (Å²) in [4.78, 5) is 27.4. The Morgan fingerprint density at radius 1 is 1.12 bits per heavy atom. The van der Waals surface area contributed by atoms with Gasteiger partial charge >= 0.3 is 0 Å². The van der Waals surface area contributed by atoms with E-state index in [1.54, 1.807) is 13.2 Å². The zero-order chi connectivity index (χ0) is 17.5.